The van der Waals surface area contributed by atoms with E-state index < -0.39 is 16.0 Å². The van der Waals surface area contributed by atoms with E-state index in [4.69, 9.17) is 5.11 Å². The lowest BCUT2D eigenvalue weighted by Gasteiger charge is -2.04. The first kappa shape index (κ1) is 14.7. The lowest BCUT2D eigenvalue weighted by atomic mass is 10.2. The Balaban J connectivity index is 2.67. The van der Waals surface area contributed by atoms with Crippen LogP contribution in [0.1, 0.15) is 20.3 Å². The van der Waals surface area contributed by atoms with Crippen LogP contribution in [-0.4, -0.2) is 35.6 Å². The zero-order valence-electron chi connectivity index (χ0n) is 10.3. The van der Waals surface area contributed by atoms with Gasteiger partial charge < -0.3 is 9.67 Å². The molecule has 1 rings (SSSR count). The molecule has 102 valence electrons. The minimum absolute atomic E-state index is 0.0893. The Morgan fingerprint density at radius 1 is 1.56 bits per heavy atom. The number of imidazole rings is 1. The van der Waals surface area contributed by atoms with Crippen LogP contribution in [0.5, 0.6) is 0 Å². The first-order chi connectivity index (χ1) is 8.31. The van der Waals surface area contributed by atoms with Gasteiger partial charge in [-0.15, -0.1) is 0 Å². The van der Waals surface area contributed by atoms with Crippen molar-refractivity contribution < 1.29 is 18.3 Å². The van der Waals surface area contributed by atoms with E-state index in [1.807, 2.05) is 13.8 Å². The lowest BCUT2D eigenvalue weighted by Crippen LogP contribution is -2.26. The molecule has 0 aliphatic carbocycles. The van der Waals surface area contributed by atoms with E-state index in [0.29, 0.717) is 12.5 Å². The average molecular weight is 275 g/mol. The van der Waals surface area contributed by atoms with Gasteiger partial charge in [-0.25, -0.2) is 18.1 Å². The van der Waals surface area contributed by atoms with Crippen LogP contribution in [0.15, 0.2) is 17.6 Å². The Bertz CT molecular complexity index is 507. The minimum Gasteiger partial charge on any atom is -0.481 e. The van der Waals surface area contributed by atoms with Crippen molar-refractivity contribution in [2.24, 2.45) is 5.92 Å². The van der Waals surface area contributed by atoms with Crippen molar-refractivity contribution in [3.63, 3.8) is 0 Å². The molecule has 0 unspecified atom stereocenters. The lowest BCUT2D eigenvalue weighted by molar-refractivity contribution is -0.136. The monoisotopic (exact) mass is 275 g/mol. The molecule has 0 aliphatic rings. The number of hydrogen-bond acceptors (Lipinski definition) is 4. The average Bonchev–Trinajstić information content (AvgIpc) is 2.64. The maximum Gasteiger partial charge on any atom is 0.304 e. The summed E-state index contributed by atoms with van der Waals surface area (Å²) in [4.78, 5) is 14.1. The fraction of sp³-hybridized carbons (Fsp3) is 0.600. The molecule has 18 heavy (non-hydrogen) atoms. The highest BCUT2D eigenvalue weighted by atomic mass is 32.2. The fourth-order valence-corrected chi connectivity index (χ4v) is 2.34. The van der Waals surface area contributed by atoms with Gasteiger partial charge in [0.05, 0.1) is 12.7 Å². The molecular weight excluding hydrogens is 258 g/mol. The van der Waals surface area contributed by atoms with Gasteiger partial charge >= 0.3 is 5.97 Å². The van der Waals surface area contributed by atoms with Crippen LogP contribution >= 0.6 is 0 Å². The summed E-state index contributed by atoms with van der Waals surface area (Å²) in [5.74, 6) is -0.669. The van der Waals surface area contributed by atoms with Crippen LogP contribution in [0.4, 0.5) is 0 Å². The molecule has 1 heterocycles. The third-order valence-electron chi connectivity index (χ3n) is 2.09. The number of sulfonamides is 1. The van der Waals surface area contributed by atoms with Crippen LogP contribution < -0.4 is 4.72 Å². The maximum absolute atomic E-state index is 11.7. The van der Waals surface area contributed by atoms with Crippen molar-refractivity contribution in [2.75, 3.05) is 6.54 Å². The Kier molecular flexibility index (Phi) is 4.85. The van der Waals surface area contributed by atoms with Gasteiger partial charge in [0.2, 0.25) is 0 Å². The molecular formula is C10H17N3O4S. The molecule has 8 heteroatoms. The Morgan fingerprint density at radius 3 is 2.78 bits per heavy atom. The summed E-state index contributed by atoms with van der Waals surface area (Å²) < 4.78 is 27.3. The van der Waals surface area contributed by atoms with Gasteiger partial charge in [-0.05, 0) is 5.92 Å². The molecule has 0 fully saturated rings. The molecule has 1 aromatic heterocycles. The van der Waals surface area contributed by atoms with Crippen molar-refractivity contribution in [1.82, 2.24) is 14.3 Å². The number of aliphatic carboxylic acids is 1. The number of carbonyl (C=O) groups is 1. The predicted molar refractivity (Wildman–Crippen MR) is 64.5 cm³/mol. The van der Waals surface area contributed by atoms with E-state index in [2.05, 4.69) is 9.71 Å². The third-order valence-corrected chi connectivity index (χ3v) is 3.44. The van der Waals surface area contributed by atoms with Crippen molar-refractivity contribution in [1.29, 1.82) is 0 Å². The van der Waals surface area contributed by atoms with Gasteiger partial charge in [-0.3, -0.25) is 4.79 Å². The minimum atomic E-state index is -3.72. The van der Waals surface area contributed by atoms with Crippen molar-refractivity contribution in [3.05, 3.63) is 12.5 Å². The molecule has 0 atom stereocenters. The Labute approximate surface area is 106 Å². The number of rotatable bonds is 7. The molecule has 0 saturated carbocycles. The summed E-state index contributed by atoms with van der Waals surface area (Å²) in [7, 11) is -3.72. The summed E-state index contributed by atoms with van der Waals surface area (Å²) in [5, 5.41) is 8.34. The van der Waals surface area contributed by atoms with Crippen molar-refractivity contribution in [3.8, 4) is 0 Å². The van der Waals surface area contributed by atoms with Crippen LogP contribution in [0.2, 0.25) is 0 Å². The third kappa shape index (κ3) is 4.46. The molecule has 0 radical (unpaired) electrons. The standard InChI is InChI=1S/C10H17N3O4S/c1-8(2)5-13-6-9(11-7-13)18(16,17)12-4-3-10(14)15/h6-8,12H,3-5H2,1-2H3,(H,14,15). The zero-order valence-corrected chi connectivity index (χ0v) is 11.1. The Morgan fingerprint density at radius 2 is 2.22 bits per heavy atom. The Hall–Kier alpha value is -1.41. The van der Waals surface area contributed by atoms with Gasteiger partial charge in [0.25, 0.3) is 10.0 Å². The van der Waals surface area contributed by atoms with E-state index >= 15 is 0 Å². The van der Waals surface area contributed by atoms with Crippen LogP contribution in [-0.2, 0) is 21.4 Å². The first-order valence-electron chi connectivity index (χ1n) is 5.54. The summed E-state index contributed by atoms with van der Waals surface area (Å²) in [6.45, 7) is 4.56. The first-order valence-corrected chi connectivity index (χ1v) is 7.03. The fourth-order valence-electron chi connectivity index (χ4n) is 1.37. The second-order valence-corrected chi connectivity index (χ2v) is 6.06. The predicted octanol–water partition coefficient (Wildman–Crippen LogP) is 0.292. The van der Waals surface area contributed by atoms with E-state index in [1.54, 1.807) is 4.57 Å². The summed E-state index contributed by atoms with van der Waals surface area (Å²) in [6, 6.07) is 0. The largest absolute Gasteiger partial charge is 0.481 e. The maximum atomic E-state index is 11.7. The molecule has 0 aliphatic heterocycles. The number of hydrogen-bond donors (Lipinski definition) is 2. The molecule has 0 saturated heterocycles. The van der Waals surface area contributed by atoms with Crippen molar-refractivity contribution in [2.45, 2.75) is 31.8 Å². The van der Waals surface area contributed by atoms with Crippen LogP contribution in [0.3, 0.4) is 0 Å². The molecule has 1 aromatic rings. The molecule has 0 amide bonds. The second-order valence-electron chi connectivity index (χ2n) is 4.34. The van der Waals surface area contributed by atoms with E-state index in [-0.39, 0.29) is 18.0 Å². The zero-order chi connectivity index (χ0) is 13.8. The molecule has 0 bridgehead atoms. The second kappa shape index (κ2) is 5.96. The van der Waals surface area contributed by atoms with Gasteiger partial charge in [0.1, 0.15) is 0 Å². The molecule has 2 N–H and O–H groups in total. The van der Waals surface area contributed by atoms with Crippen molar-refractivity contribution >= 4 is 16.0 Å². The highest BCUT2D eigenvalue weighted by Crippen LogP contribution is 2.07. The summed E-state index contributed by atoms with van der Waals surface area (Å²) in [6.07, 6.45) is 2.63. The van der Waals surface area contributed by atoms with Crippen LogP contribution in [0.25, 0.3) is 0 Å². The topological polar surface area (TPSA) is 101 Å². The van der Waals surface area contributed by atoms with E-state index in [9.17, 15) is 13.2 Å². The normalized spacial score (nSPS) is 11.9. The van der Waals surface area contributed by atoms with Gasteiger partial charge in [-0.1, -0.05) is 13.8 Å². The van der Waals surface area contributed by atoms with Gasteiger partial charge in [-0.2, -0.15) is 0 Å². The molecule has 0 spiro atoms. The number of carboxylic acid groups (broad SMARTS) is 1. The number of aromatic nitrogens is 2. The molecule has 0 aromatic carbocycles. The number of nitrogens with zero attached hydrogens (tertiary/aromatic N) is 2. The van der Waals surface area contributed by atoms with E-state index in [0.717, 1.165) is 0 Å². The SMILES string of the molecule is CC(C)Cn1cnc(S(=O)(=O)NCCC(=O)O)c1. The van der Waals surface area contributed by atoms with Crippen LogP contribution in [0, 0.1) is 5.92 Å². The smallest absolute Gasteiger partial charge is 0.304 e. The summed E-state index contributed by atoms with van der Waals surface area (Å²) >= 11 is 0. The number of nitrogens with one attached hydrogen (secondary N) is 1. The number of carboxylic acids is 1. The quantitative estimate of drug-likeness (QED) is 0.745. The highest BCUT2D eigenvalue weighted by molar-refractivity contribution is 7.89. The highest BCUT2D eigenvalue weighted by Gasteiger charge is 2.17. The van der Waals surface area contributed by atoms with Gasteiger partial charge in [0, 0.05) is 19.3 Å². The van der Waals surface area contributed by atoms with Gasteiger partial charge in [0.15, 0.2) is 5.03 Å². The summed E-state index contributed by atoms with van der Waals surface area (Å²) in [5.41, 5.74) is 0. The molecule has 7 nitrogen and oxygen atoms in total. The van der Waals surface area contributed by atoms with E-state index in [1.165, 1.54) is 12.5 Å².